The highest BCUT2D eigenvalue weighted by Gasteiger charge is 2.15. The minimum Gasteiger partial charge on any atom is -1.00 e. The van der Waals surface area contributed by atoms with Crippen molar-refractivity contribution in [3.8, 4) is 0 Å². The molecule has 0 aliphatic heterocycles. The van der Waals surface area contributed by atoms with E-state index in [0.717, 1.165) is 16.5 Å². The zero-order chi connectivity index (χ0) is 12.3. The topological polar surface area (TPSA) is 45.0 Å². The van der Waals surface area contributed by atoms with E-state index < -0.39 is 0 Å². The van der Waals surface area contributed by atoms with E-state index in [1.54, 1.807) is 0 Å². The number of para-hydroxylation sites is 1. The Morgan fingerprint density at radius 2 is 1.89 bits per heavy atom. The van der Waals surface area contributed by atoms with Crippen LogP contribution < -0.4 is 39.2 Å². The second kappa shape index (κ2) is 6.69. The van der Waals surface area contributed by atoms with Gasteiger partial charge in [0.25, 0.3) is 0 Å². The predicted molar refractivity (Wildman–Crippen MR) is 69.3 cm³/mol. The molecular formula is C12H14IN3OS. The highest BCUT2D eigenvalue weighted by molar-refractivity contribution is 7.13. The van der Waals surface area contributed by atoms with Gasteiger partial charge >= 0.3 is 11.2 Å². The first kappa shape index (κ1) is 14.9. The first-order chi connectivity index (χ1) is 8.16. The van der Waals surface area contributed by atoms with E-state index in [1.807, 2.05) is 54.3 Å². The van der Waals surface area contributed by atoms with Crippen LogP contribution >= 0.6 is 11.3 Å². The standard InChI is InChI=1S/C12H13N3OS.HI/c1-9-8-17-12(15(9)2)14-11(16)13-10-6-4-3-5-7-10;/h3-8H,1-2H3,(H,13,16);1H. The Hall–Kier alpha value is -1.15. The van der Waals surface area contributed by atoms with Gasteiger partial charge in [-0.1, -0.05) is 29.5 Å². The van der Waals surface area contributed by atoms with E-state index >= 15 is 0 Å². The number of carbonyl (C=O) groups is 1. The van der Waals surface area contributed by atoms with Gasteiger partial charge in [-0.15, -0.1) is 0 Å². The number of urea groups is 1. The van der Waals surface area contributed by atoms with E-state index in [0.29, 0.717) is 0 Å². The smallest absolute Gasteiger partial charge is 0.411 e. The molecule has 18 heavy (non-hydrogen) atoms. The summed E-state index contributed by atoms with van der Waals surface area (Å²) in [6, 6.07) is 9.13. The summed E-state index contributed by atoms with van der Waals surface area (Å²) in [4.78, 5) is 11.7. The number of nitrogens with one attached hydrogen (secondary N) is 2. The van der Waals surface area contributed by atoms with Gasteiger partial charge in [0.2, 0.25) is 0 Å². The maximum Gasteiger partial charge on any atom is 0.411 e. The molecule has 0 saturated heterocycles. The molecule has 2 amide bonds. The lowest BCUT2D eigenvalue weighted by Crippen LogP contribution is -3.00. The van der Waals surface area contributed by atoms with E-state index in [1.165, 1.54) is 11.3 Å². The quantitative estimate of drug-likeness (QED) is 0.541. The molecule has 1 aromatic carbocycles. The number of rotatable bonds is 2. The molecule has 2 aromatic rings. The predicted octanol–water partition coefficient (Wildman–Crippen LogP) is -0.471. The van der Waals surface area contributed by atoms with Gasteiger partial charge in [0, 0.05) is 11.1 Å². The number of hydrogen-bond donors (Lipinski definition) is 2. The minimum atomic E-state index is -0.228. The van der Waals surface area contributed by atoms with E-state index in [4.69, 9.17) is 0 Å². The highest BCUT2D eigenvalue weighted by Crippen LogP contribution is 2.12. The molecule has 0 aliphatic carbocycles. The van der Waals surface area contributed by atoms with Crippen LogP contribution in [0.3, 0.4) is 0 Å². The molecule has 96 valence electrons. The summed E-state index contributed by atoms with van der Waals surface area (Å²) in [6.45, 7) is 2.00. The maximum absolute atomic E-state index is 11.7. The van der Waals surface area contributed by atoms with Gasteiger partial charge in [-0.2, -0.15) is 5.32 Å². The Balaban J connectivity index is 0.00000162. The normalized spacial score (nSPS) is 9.44. The lowest BCUT2D eigenvalue weighted by molar-refractivity contribution is -0.658. The number of benzene rings is 1. The molecule has 0 spiro atoms. The Bertz CT molecular complexity index is 527. The summed E-state index contributed by atoms with van der Waals surface area (Å²) in [5, 5.41) is 8.39. The third kappa shape index (κ3) is 3.67. The van der Waals surface area contributed by atoms with Crippen molar-refractivity contribution in [2.45, 2.75) is 6.92 Å². The third-order valence-corrected chi connectivity index (χ3v) is 3.49. The highest BCUT2D eigenvalue weighted by atomic mass is 127. The Morgan fingerprint density at radius 1 is 1.22 bits per heavy atom. The van der Waals surface area contributed by atoms with Gasteiger partial charge in [0.05, 0.1) is 7.05 Å². The molecule has 0 radical (unpaired) electrons. The summed E-state index contributed by atoms with van der Waals surface area (Å²) in [7, 11) is 1.92. The number of aryl methyl sites for hydroxylation is 1. The Labute approximate surface area is 127 Å². The van der Waals surface area contributed by atoms with Crippen LogP contribution in [0.15, 0.2) is 35.7 Å². The number of amides is 2. The van der Waals surface area contributed by atoms with Crippen LogP contribution in [0.4, 0.5) is 15.6 Å². The first-order valence-corrected chi connectivity index (χ1v) is 6.12. The molecule has 2 rings (SSSR count). The van der Waals surface area contributed by atoms with E-state index in [9.17, 15) is 4.79 Å². The van der Waals surface area contributed by atoms with Gasteiger partial charge in [-0.3, -0.25) is 5.32 Å². The van der Waals surface area contributed by atoms with Crippen molar-refractivity contribution in [3.63, 3.8) is 0 Å². The molecule has 0 saturated carbocycles. The number of halogens is 1. The fourth-order valence-corrected chi connectivity index (χ4v) is 2.25. The number of nitrogens with zero attached hydrogens (tertiary/aromatic N) is 1. The van der Waals surface area contributed by atoms with Crippen LogP contribution in [0.25, 0.3) is 0 Å². The molecule has 6 heteroatoms. The van der Waals surface area contributed by atoms with Crippen LogP contribution in [0.2, 0.25) is 0 Å². The van der Waals surface area contributed by atoms with Crippen molar-refractivity contribution >= 4 is 28.2 Å². The first-order valence-electron chi connectivity index (χ1n) is 5.24. The largest absolute Gasteiger partial charge is 1.00 e. The Morgan fingerprint density at radius 3 is 2.44 bits per heavy atom. The molecule has 2 N–H and O–H groups in total. The van der Waals surface area contributed by atoms with Gasteiger partial charge in [0.15, 0.2) is 0 Å². The van der Waals surface area contributed by atoms with E-state index in [-0.39, 0.29) is 30.0 Å². The lowest BCUT2D eigenvalue weighted by Gasteiger charge is -2.01. The second-order valence-electron chi connectivity index (χ2n) is 3.69. The maximum atomic E-state index is 11.7. The van der Waals surface area contributed by atoms with Crippen molar-refractivity contribution < 1.29 is 33.3 Å². The zero-order valence-electron chi connectivity index (χ0n) is 10.1. The number of aromatic nitrogens is 1. The van der Waals surface area contributed by atoms with Crippen LogP contribution in [0.5, 0.6) is 0 Å². The van der Waals surface area contributed by atoms with Crippen LogP contribution in [-0.4, -0.2) is 6.03 Å². The molecule has 0 aliphatic rings. The fraction of sp³-hybridized carbons (Fsp3) is 0.167. The molecule has 1 aromatic heterocycles. The monoisotopic (exact) mass is 375 g/mol. The van der Waals surface area contributed by atoms with Crippen molar-refractivity contribution in [2.75, 3.05) is 10.6 Å². The number of thiazole rings is 1. The van der Waals surface area contributed by atoms with Crippen molar-refractivity contribution in [1.82, 2.24) is 0 Å². The zero-order valence-corrected chi connectivity index (χ0v) is 13.1. The summed E-state index contributed by atoms with van der Waals surface area (Å²) in [5.41, 5.74) is 1.89. The van der Waals surface area contributed by atoms with Crippen LogP contribution in [0.1, 0.15) is 5.69 Å². The van der Waals surface area contributed by atoms with Crippen LogP contribution in [0, 0.1) is 6.92 Å². The molecule has 0 bridgehead atoms. The number of anilines is 2. The number of hydrogen-bond acceptors (Lipinski definition) is 2. The van der Waals surface area contributed by atoms with Crippen molar-refractivity contribution in [3.05, 3.63) is 41.4 Å². The molecule has 1 heterocycles. The third-order valence-electron chi connectivity index (χ3n) is 2.43. The van der Waals surface area contributed by atoms with E-state index in [2.05, 4.69) is 10.6 Å². The van der Waals surface area contributed by atoms with Gasteiger partial charge in [-0.05, 0) is 19.1 Å². The van der Waals surface area contributed by atoms with Crippen molar-refractivity contribution in [2.24, 2.45) is 7.05 Å². The average molecular weight is 375 g/mol. The number of carbonyl (C=O) groups excluding carboxylic acids is 1. The average Bonchev–Trinajstić information content (AvgIpc) is 2.62. The minimum absolute atomic E-state index is 0. The summed E-state index contributed by atoms with van der Waals surface area (Å²) < 4.78 is 1.94. The van der Waals surface area contributed by atoms with Crippen LogP contribution in [-0.2, 0) is 7.05 Å². The molecule has 0 fully saturated rings. The van der Waals surface area contributed by atoms with Gasteiger partial charge in [0.1, 0.15) is 5.69 Å². The lowest BCUT2D eigenvalue weighted by atomic mass is 10.3. The fourth-order valence-electron chi connectivity index (χ4n) is 1.35. The Kier molecular flexibility index (Phi) is 5.54. The van der Waals surface area contributed by atoms with Crippen molar-refractivity contribution in [1.29, 1.82) is 0 Å². The summed E-state index contributed by atoms with van der Waals surface area (Å²) in [6.07, 6.45) is 0. The SMILES string of the molecule is Cc1csc(NC(=O)Nc2ccccc2)[n+]1C.[I-]. The molecule has 4 nitrogen and oxygen atoms in total. The molecule has 0 unspecified atom stereocenters. The second-order valence-corrected chi connectivity index (χ2v) is 4.54. The van der Waals surface area contributed by atoms with Gasteiger partial charge in [-0.25, -0.2) is 9.36 Å². The molecule has 0 atom stereocenters. The van der Waals surface area contributed by atoms with Gasteiger partial charge < -0.3 is 24.0 Å². The molecular weight excluding hydrogens is 361 g/mol. The summed E-state index contributed by atoms with van der Waals surface area (Å²) in [5.74, 6) is 0. The summed E-state index contributed by atoms with van der Waals surface area (Å²) >= 11 is 1.51.